The van der Waals surface area contributed by atoms with Crippen molar-refractivity contribution in [2.24, 2.45) is 12.1 Å². The number of hydrogen-bond donors (Lipinski definition) is 0. The molecule has 114 valence electrons. The van der Waals surface area contributed by atoms with Crippen LogP contribution in [-0.2, 0) is 7.05 Å². The standard InChI is InChI=1S/C13H15N4.2C2H6/c1-11-16-10-6-3-7-12(16)14-17(11)13-8-4-5-9-15(13)2;2*1-2/h3-11H,1-2H3;2*1-2H3/q+1;;/t11-;;/m0../s1. The Morgan fingerprint density at radius 2 is 1.81 bits per heavy atom. The molecule has 0 bridgehead atoms. The Hall–Kier alpha value is -2.10. The summed E-state index contributed by atoms with van der Waals surface area (Å²) in [6.07, 6.45) is 10.4. The molecule has 0 saturated heterocycles. The minimum atomic E-state index is 0.208. The summed E-state index contributed by atoms with van der Waals surface area (Å²) in [6, 6.07) is 6.13. The summed E-state index contributed by atoms with van der Waals surface area (Å²) in [7, 11) is 2.03. The number of hydrogen-bond acceptors (Lipinski definition) is 3. The van der Waals surface area contributed by atoms with E-state index < -0.39 is 0 Å². The number of amidine groups is 1. The van der Waals surface area contributed by atoms with Crippen molar-refractivity contribution in [2.75, 3.05) is 5.01 Å². The van der Waals surface area contributed by atoms with Crippen LogP contribution < -0.4 is 9.58 Å². The summed E-state index contributed by atoms with van der Waals surface area (Å²) in [5, 5.41) is 6.68. The molecular weight excluding hydrogens is 260 g/mol. The average molecular weight is 287 g/mol. The second-order valence-corrected chi connectivity index (χ2v) is 4.21. The lowest BCUT2D eigenvalue weighted by Crippen LogP contribution is -2.42. The van der Waals surface area contributed by atoms with Gasteiger partial charge in [-0.05, 0) is 25.1 Å². The predicted octanol–water partition coefficient (Wildman–Crippen LogP) is 3.43. The Kier molecular flexibility index (Phi) is 6.66. The quantitative estimate of drug-likeness (QED) is 0.739. The van der Waals surface area contributed by atoms with Crippen molar-refractivity contribution in [1.82, 2.24) is 4.90 Å². The van der Waals surface area contributed by atoms with E-state index in [2.05, 4.69) is 33.8 Å². The zero-order valence-electron chi connectivity index (χ0n) is 14.0. The minimum absolute atomic E-state index is 0.208. The van der Waals surface area contributed by atoms with Gasteiger partial charge >= 0.3 is 5.82 Å². The fourth-order valence-corrected chi connectivity index (χ4v) is 2.15. The van der Waals surface area contributed by atoms with Gasteiger partial charge in [-0.1, -0.05) is 44.9 Å². The normalized spacial score (nSPS) is 18.2. The van der Waals surface area contributed by atoms with E-state index >= 15 is 0 Å². The molecule has 2 aliphatic rings. The van der Waals surface area contributed by atoms with E-state index in [-0.39, 0.29) is 6.17 Å². The van der Waals surface area contributed by atoms with Gasteiger partial charge in [0.2, 0.25) is 0 Å². The molecule has 21 heavy (non-hydrogen) atoms. The van der Waals surface area contributed by atoms with Crippen LogP contribution in [0, 0.1) is 0 Å². The number of fused-ring (bicyclic) bond motifs is 1. The number of aryl methyl sites for hydroxylation is 1. The first-order valence-corrected chi connectivity index (χ1v) is 7.73. The maximum absolute atomic E-state index is 4.64. The zero-order valence-corrected chi connectivity index (χ0v) is 14.0. The second kappa shape index (κ2) is 8.25. The molecule has 0 aromatic carbocycles. The highest BCUT2D eigenvalue weighted by molar-refractivity contribution is 5.97. The summed E-state index contributed by atoms with van der Waals surface area (Å²) in [4.78, 5) is 2.16. The van der Waals surface area contributed by atoms with Crippen molar-refractivity contribution in [2.45, 2.75) is 40.8 Å². The van der Waals surface area contributed by atoms with Gasteiger partial charge in [-0.25, -0.2) is 4.57 Å². The highest BCUT2D eigenvalue weighted by Gasteiger charge is 2.37. The molecule has 4 nitrogen and oxygen atoms in total. The van der Waals surface area contributed by atoms with Crippen molar-refractivity contribution >= 4 is 11.7 Å². The Balaban J connectivity index is 0.000000510. The molecule has 0 N–H and O–H groups in total. The summed E-state index contributed by atoms with van der Waals surface area (Å²) in [6.45, 7) is 10.1. The molecule has 0 aliphatic carbocycles. The average Bonchev–Trinajstić information content (AvgIpc) is 2.89. The first kappa shape index (κ1) is 17.0. The topological polar surface area (TPSA) is 22.7 Å². The lowest BCUT2D eigenvalue weighted by Gasteiger charge is -2.21. The monoisotopic (exact) mass is 287 g/mol. The molecule has 1 atom stereocenters. The summed E-state index contributed by atoms with van der Waals surface area (Å²) in [5.74, 6) is 2.08. The highest BCUT2D eigenvalue weighted by atomic mass is 15.6. The van der Waals surface area contributed by atoms with E-state index in [1.165, 1.54) is 0 Å². The van der Waals surface area contributed by atoms with Gasteiger partial charge in [0.05, 0.1) is 13.2 Å². The molecule has 2 aliphatic heterocycles. The van der Waals surface area contributed by atoms with Gasteiger partial charge in [0.1, 0.15) is 0 Å². The number of nitrogens with zero attached hydrogens (tertiary/aromatic N) is 4. The zero-order chi connectivity index (χ0) is 15.8. The van der Waals surface area contributed by atoms with Gasteiger partial charge in [-0.2, -0.15) is 0 Å². The van der Waals surface area contributed by atoms with Crippen molar-refractivity contribution in [3.8, 4) is 0 Å². The van der Waals surface area contributed by atoms with E-state index in [1.807, 2.05) is 76.3 Å². The Bertz CT molecular complexity index is 531. The molecule has 0 spiro atoms. The summed E-state index contributed by atoms with van der Waals surface area (Å²) >= 11 is 0. The van der Waals surface area contributed by atoms with Crippen LogP contribution in [-0.4, -0.2) is 16.9 Å². The number of hydrazone groups is 1. The summed E-state index contributed by atoms with van der Waals surface area (Å²) in [5.41, 5.74) is 0. The van der Waals surface area contributed by atoms with Crippen molar-refractivity contribution < 1.29 is 4.57 Å². The van der Waals surface area contributed by atoms with E-state index in [0.717, 1.165) is 11.7 Å². The minimum Gasteiger partial charge on any atom is -0.288 e. The maximum Gasteiger partial charge on any atom is 0.303 e. The number of allylic oxidation sites excluding steroid dienone is 2. The van der Waals surface area contributed by atoms with E-state index in [9.17, 15) is 0 Å². The fourth-order valence-electron chi connectivity index (χ4n) is 2.15. The fraction of sp³-hybridized carbons (Fsp3) is 0.412. The van der Waals surface area contributed by atoms with Crippen LogP contribution >= 0.6 is 0 Å². The van der Waals surface area contributed by atoms with Crippen LogP contribution in [0.1, 0.15) is 34.6 Å². The van der Waals surface area contributed by atoms with E-state index in [0.29, 0.717) is 0 Å². The predicted molar refractivity (Wildman–Crippen MR) is 89.8 cm³/mol. The molecule has 3 rings (SSSR count). The Morgan fingerprint density at radius 1 is 1.10 bits per heavy atom. The molecule has 0 fully saturated rings. The Morgan fingerprint density at radius 3 is 2.43 bits per heavy atom. The highest BCUT2D eigenvalue weighted by Crippen LogP contribution is 2.23. The molecule has 1 aromatic heterocycles. The lowest BCUT2D eigenvalue weighted by molar-refractivity contribution is -0.659. The van der Waals surface area contributed by atoms with Crippen molar-refractivity contribution in [3.05, 3.63) is 48.8 Å². The van der Waals surface area contributed by atoms with Crippen LogP contribution in [0.15, 0.2) is 53.9 Å². The number of rotatable bonds is 1. The molecule has 0 radical (unpaired) electrons. The van der Waals surface area contributed by atoms with E-state index in [1.54, 1.807) is 0 Å². The van der Waals surface area contributed by atoms with Gasteiger partial charge in [0.15, 0.2) is 12.0 Å². The third-order valence-corrected chi connectivity index (χ3v) is 3.10. The van der Waals surface area contributed by atoms with Crippen LogP contribution in [0.3, 0.4) is 0 Å². The Labute approximate surface area is 128 Å². The summed E-state index contributed by atoms with van der Waals surface area (Å²) < 4.78 is 2.08. The first-order chi connectivity index (χ1) is 10.3. The smallest absolute Gasteiger partial charge is 0.288 e. The molecule has 0 amide bonds. The maximum atomic E-state index is 4.64. The van der Waals surface area contributed by atoms with Crippen LogP contribution in [0.2, 0.25) is 0 Å². The van der Waals surface area contributed by atoms with E-state index in [4.69, 9.17) is 0 Å². The van der Waals surface area contributed by atoms with Gasteiger partial charge in [-0.15, -0.1) is 5.01 Å². The molecule has 0 saturated carbocycles. The number of anilines is 1. The third-order valence-electron chi connectivity index (χ3n) is 3.10. The molecule has 0 unspecified atom stereocenters. The van der Waals surface area contributed by atoms with Gasteiger partial charge in [0, 0.05) is 12.3 Å². The van der Waals surface area contributed by atoms with Crippen molar-refractivity contribution in [3.63, 3.8) is 0 Å². The lowest BCUT2D eigenvalue weighted by atomic mass is 10.3. The van der Waals surface area contributed by atoms with Gasteiger partial charge in [-0.3, -0.25) is 4.90 Å². The second-order valence-electron chi connectivity index (χ2n) is 4.21. The van der Waals surface area contributed by atoms with Gasteiger partial charge < -0.3 is 0 Å². The van der Waals surface area contributed by atoms with Gasteiger partial charge in [0.25, 0.3) is 0 Å². The van der Waals surface area contributed by atoms with Crippen LogP contribution in [0.25, 0.3) is 0 Å². The first-order valence-electron chi connectivity index (χ1n) is 7.73. The number of pyridine rings is 1. The number of aromatic nitrogens is 1. The van der Waals surface area contributed by atoms with Crippen LogP contribution in [0.5, 0.6) is 0 Å². The SMILES string of the molecule is CC.CC.C[C@H]1N2C=CC=CC2=NN1c1cccc[n+]1C. The largest absolute Gasteiger partial charge is 0.303 e. The van der Waals surface area contributed by atoms with Crippen LogP contribution in [0.4, 0.5) is 5.82 Å². The molecule has 3 heterocycles. The molecule has 4 heteroatoms. The van der Waals surface area contributed by atoms with Crippen molar-refractivity contribution in [1.29, 1.82) is 0 Å². The molecule has 1 aromatic rings. The third kappa shape index (κ3) is 3.51. The molecular formula is C17H27N4+.